The number of benzene rings is 2. The van der Waals surface area contributed by atoms with Crippen molar-refractivity contribution in [2.45, 2.75) is 12.2 Å². The zero-order valence-corrected chi connectivity index (χ0v) is 16.0. The fraction of sp³-hybridized carbons (Fsp3) is 0.333. The molecule has 1 saturated heterocycles. The molecule has 30 heavy (non-hydrogen) atoms. The molecule has 5 nitrogen and oxygen atoms in total. The number of aromatic nitrogens is 2. The number of halogens is 4. The molecule has 1 fully saturated rings. The molecular weight excluding hydrogens is 400 g/mol. The number of hydrogen-bond donors (Lipinski definition) is 1. The van der Waals surface area contributed by atoms with Crippen molar-refractivity contribution in [2.24, 2.45) is 0 Å². The topological polar surface area (TPSA) is 50.3 Å². The minimum atomic E-state index is -4.65. The highest BCUT2D eigenvalue weighted by Crippen LogP contribution is 2.31. The van der Waals surface area contributed by atoms with Crippen molar-refractivity contribution in [3.8, 4) is 0 Å². The molecule has 2 aromatic carbocycles. The minimum Gasteiger partial charge on any atom is -0.379 e. The number of nitrogens with zero attached hydrogens (tertiary/aromatic N) is 3. The normalized spacial score (nSPS) is 16.5. The zero-order chi connectivity index (χ0) is 21.1. The van der Waals surface area contributed by atoms with Crippen molar-refractivity contribution in [3.05, 3.63) is 65.7 Å². The number of alkyl halides is 3. The van der Waals surface area contributed by atoms with E-state index in [0.717, 1.165) is 5.56 Å². The summed E-state index contributed by atoms with van der Waals surface area (Å²) >= 11 is 0. The van der Waals surface area contributed by atoms with Gasteiger partial charge in [-0.15, -0.1) is 0 Å². The molecule has 1 N–H and O–H groups in total. The summed E-state index contributed by atoms with van der Waals surface area (Å²) in [6.07, 6.45) is -4.65. The highest BCUT2D eigenvalue weighted by atomic mass is 19.4. The van der Waals surface area contributed by atoms with Crippen molar-refractivity contribution in [3.63, 3.8) is 0 Å². The Labute approximate surface area is 170 Å². The second-order valence-corrected chi connectivity index (χ2v) is 7.01. The van der Waals surface area contributed by atoms with Crippen LogP contribution in [0, 0.1) is 5.82 Å². The maximum Gasteiger partial charge on any atom is 0.451 e. The zero-order valence-electron chi connectivity index (χ0n) is 16.0. The molecule has 0 radical (unpaired) electrons. The van der Waals surface area contributed by atoms with Crippen LogP contribution in [0.15, 0.2) is 48.5 Å². The van der Waals surface area contributed by atoms with Crippen molar-refractivity contribution >= 4 is 16.7 Å². The maximum atomic E-state index is 13.4. The van der Waals surface area contributed by atoms with E-state index in [4.69, 9.17) is 4.74 Å². The molecule has 0 bridgehead atoms. The summed E-state index contributed by atoms with van der Waals surface area (Å²) in [4.78, 5) is 9.56. The molecule has 1 aliphatic rings. The molecule has 0 saturated carbocycles. The fourth-order valence-corrected chi connectivity index (χ4v) is 3.56. The monoisotopic (exact) mass is 420 g/mol. The predicted octanol–water partition coefficient (Wildman–Crippen LogP) is 4.27. The number of hydrogen-bond acceptors (Lipinski definition) is 5. The van der Waals surface area contributed by atoms with Gasteiger partial charge < -0.3 is 10.1 Å². The number of nitrogens with one attached hydrogen (secondary N) is 1. The first-order valence-corrected chi connectivity index (χ1v) is 9.57. The fourth-order valence-electron chi connectivity index (χ4n) is 3.56. The third kappa shape index (κ3) is 4.52. The van der Waals surface area contributed by atoms with E-state index in [0.29, 0.717) is 38.2 Å². The van der Waals surface area contributed by atoms with E-state index in [1.807, 2.05) is 0 Å². The van der Waals surface area contributed by atoms with Crippen LogP contribution < -0.4 is 5.32 Å². The number of rotatable bonds is 5. The molecule has 0 aliphatic carbocycles. The molecule has 158 valence electrons. The van der Waals surface area contributed by atoms with Crippen LogP contribution in [0.3, 0.4) is 0 Å². The maximum absolute atomic E-state index is 13.4. The van der Waals surface area contributed by atoms with Gasteiger partial charge in [0.2, 0.25) is 5.82 Å². The van der Waals surface area contributed by atoms with E-state index in [2.05, 4.69) is 20.2 Å². The third-order valence-corrected chi connectivity index (χ3v) is 5.06. The Kier molecular flexibility index (Phi) is 5.83. The molecule has 1 atom stereocenters. The Morgan fingerprint density at radius 3 is 2.40 bits per heavy atom. The average molecular weight is 420 g/mol. The van der Waals surface area contributed by atoms with Crippen LogP contribution in [-0.4, -0.2) is 47.7 Å². The predicted molar refractivity (Wildman–Crippen MR) is 105 cm³/mol. The van der Waals surface area contributed by atoms with Gasteiger partial charge in [-0.3, -0.25) is 4.90 Å². The molecule has 1 aliphatic heterocycles. The molecular formula is C21H20F4N4O. The van der Waals surface area contributed by atoms with Gasteiger partial charge in [-0.25, -0.2) is 14.4 Å². The molecule has 0 amide bonds. The van der Waals surface area contributed by atoms with Gasteiger partial charge in [0.05, 0.1) is 24.8 Å². The lowest BCUT2D eigenvalue weighted by Crippen LogP contribution is -2.41. The summed E-state index contributed by atoms with van der Waals surface area (Å²) in [5.41, 5.74) is 1.08. The summed E-state index contributed by atoms with van der Waals surface area (Å²) in [7, 11) is 0. The van der Waals surface area contributed by atoms with E-state index in [9.17, 15) is 17.6 Å². The average Bonchev–Trinajstić information content (AvgIpc) is 2.75. The van der Waals surface area contributed by atoms with E-state index in [1.54, 1.807) is 30.3 Å². The quantitative estimate of drug-likeness (QED) is 0.625. The van der Waals surface area contributed by atoms with E-state index >= 15 is 0 Å². The van der Waals surface area contributed by atoms with Gasteiger partial charge in [0, 0.05) is 25.0 Å². The molecule has 3 aromatic rings. The molecule has 9 heteroatoms. The van der Waals surface area contributed by atoms with E-state index in [1.165, 1.54) is 18.2 Å². The smallest absolute Gasteiger partial charge is 0.379 e. The summed E-state index contributed by atoms with van der Waals surface area (Å²) in [6.45, 7) is 2.76. The summed E-state index contributed by atoms with van der Waals surface area (Å²) in [5, 5.41) is 3.59. The summed E-state index contributed by atoms with van der Waals surface area (Å²) < 4.78 is 58.6. The third-order valence-electron chi connectivity index (χ3n) is 5.06. The lowest BCUT2D eigenvalue weighted by Gasteiger charge is -2.35. The number of morpholine rings is 1. The van der Waals surface area contributed by atoms with Gasteiger partial charge in [0.15, 0.2) is 0 Å². The van der Waals surface area contributed by atoms with E-state index < -0.39 is 12.0 Å². The molecule has 1 aromatic heterocycles. The Bertz CT molecular complexity index is 1000. The molecule has 2 heterocycles. The second-order valence-electron chi connectivity index (χ2n) is 7.01. The van der Waals surface area contributed by atoms with Crippen LogP contribution >= 0.6 is 0 Å². The Morgan fingerprint density at radius 2 is 1.70 bits per heavy atom. The number of fused-ring (bicyclic) bond motifs is 1. The first-order chi connectivity index (χ1) is 14.4. The SMILES string of the molecule is Fc1ccc(C(CNc2nc(C(F)(F)F)nc3ccccc23)N2CCOCC2)cc1. The van der Waals surface area contributed by atoms with Crippen LogP contribution in [0.1, 0.15) is 17.4 Å². The van der Waals surface area contributed by atoms with Gasteiger partial charge >= 0.3 is 6.18 Å². The summed E-state index contributed by atoms with van der Waals surface area (Å²) in [6, 6.07) is 12.5. The first-order valence-electron chi connectivity index (χ1n) is 9.57. The largest absolute Gasteiger partial charge is 0.451 e. The lowest BCUT2D eigenvalue weighted by molar-refractivity contribution is -0.144. The van der Waals surface area contributed by atoms with Gasteiger partial charge in [0.25, 0.3) is 0 Å². The number of ether oxygens (including phenoxy) is 1. The van der Waals surface area contributed by atoms with Crippen molar-refractivity contribution in [1.82, 2.24) is 14.9 Å². The Balaban J connectivity index is 1.66. The highest BCUT2D eigenvalue weighted by Gasteiger charge is 2.35. The van der Waals surface area contributed by atoms with Crippen LogP contribution in [-0.2, 0) is 10.9 Å². The first kappa shape index (κ1) is 20.5. The molecule has 4 rings (SSSR count). The van der Waals surface area contributed by atoms with Crippen LogP contribution in [0.4, 0.5) is 23.4 Å². The second kappa shape index (κ2) is 8.53. The molecule has 1 unspecified atom stereocenters. The van der Waals surface area contributed by atoms with Crippen molar-refractivity contribution in [1.29, 1.82) is 0 Å². The van der Waals surface area contributed by atoms with Gasteiger partial charge in [0.1, 0.15) is 11.6 Å². The Hall–Kier alpha value is -2.78. The lowest BCUT2D eigenvalue weighted by atomic mass is 10.0. The van der Waals surface area contributed by atoms with Crippen LogP contribution in [0.2, 0.25) is 0 Å². The highest BCUT2D eigenvalue weighted by molar-refractivity contribution is 5.89. The van der Waals surface area contributed by atoms with E-state index in [-0.39, 0.29) is 23.2 Å². The van der Waals surface area contributed by atoms with Crippen molar-refractivity contribution in [2.75, 3.05) is 38.2 Å². The minimum absolute atomic E-state index is 0.119. The van der Waals surface area contributed by atoms with Gasteiger partial charge in [-0.2, -0.15) is 13.2 Å². The van der Waals surface area contributed by atoms with Gasteiger partial charge in [-0.1, -0.05) is 24.3 Å². The van der Waals surface area contributed by atoms with Crippen LogP contribution in [0.25, 0.3) is 10.9 Å². The number of anilines is 1. The van der Waals surface area contributed by atoms with Crippen LogP contribution in [0.5, 0.6) is 0 Å². The summed E-state index contributed by atoms with van der Waals surface area (Å²) in [5.74, 6) is -1.41. The van der Waals surface area contributed by atoms with Gasteiger partial charge in [-0.05, 0) is 29.8 Å². The Morgan fingerprint density at radius 1 is 1.00 bits per heavy atom. The standard InChI is InChI=1S/C21H20F4N4O/c22-15-7-5-14(6-8-15)18(29-9-11-30-12-10-29)13-26-19-16-3-1-2-4-17(16)27-20(28-19)21(23,24)25/h1-8,18H,9-13H2,(H,26,27,28). The van der Waals surface area contributed by atoms with Crippen molar-refractivity contribution < 1.29 is 22.3 Å². The molecule has 0 spiro atoms. The number of para-hydroxylation sites is 1.